The lowest BCUT2D eigenvalue weighted by molar-refractivity contribution is 0.0364. The first-order chi connectivity index (χ1) is 9.78. The zero-order valence-electron chi connectivity index (χ0n) is 12.4. The molecule has 0 aliphatic heterocycles. The summed E-state index contributed by atoms with van der Waals surface area (Å²) in [4.78, 5) is 13.7. The molecule has 112 valence electrons. The van der Waals surface area contributed by atoms with Crippen molar-refractivity contribution in [3.05, 3.63) is 42.2 Å². The largest absolute Gasteiger partial charge is 0.397 e. The minimum atomic E-state index is -0.948. The molecule has 2 aromatic rings. The van der Waals surface area contributed by atoms with Crippen LogP contribution < -0.4 is 5.73 Å². The molecule has 1 aromatic carbocycles. The smallest absolute Gasteiger partial charge is 0.274 e. The number of carbonyl (C=O) groups excluding carboxylic acids is 1. The number of nitrogen functional groups attached to an aromatic ring is 1. The average Bonchev–Trinajstić information content (AvgIpc) is 2.85. The molecule has 0 bridgehead atoms. The van der Waals surface area contributed by atoms with Gasteiger partial charge in [-0.15, -0.1) is 0 Å². The molecule has 1 heterocycles. The van der Waals surface area contributed by atoms with Crippen LogP contribution in [0.1, 0.15) is 24.3 Å². The minimum Gasteiger partial charge on any atom is -0.397 e. The van der Waals surface area contributed by atoms with E-state index in [-0.39, 0.29) is 12.5 Å². The number of benzene rings is 1. The Morgan fingerprint density at radius 1 is 1.38 bits per heavy atom. The van der Waals surface area contributed by atoms with E-state index in [0.717, 1.165) is 5.69 Å². The van der Waals surface area contributed by atoms with Crippen LogP contribution >= 0.6 is 0 Å². The van der Waals surface area contributed by atoms with E-state index in [2.05, 4.69) is 5.10 Å². The molecular formula is C15H20N4O2. The third-order valence-corrected chi connectivity index (χ3v) is 2.96. The van der Waals surface area contributed by atoms with Gasteiger partial charge in [0.1, 0.15) is 0 Å². The van der Waals surface area contributed by atoms with Crippen molar-refractivity contribution < 1.29 is 9.90 Å². The third kappa shape index (κ3) is 3.61. The van der Waals surface area contributed by atoms with Crippen LogP contribution in [0.3, 0.4) is 0 Å². The molecule has 0 spiro atoms. The first-order valence-electron chi connectivity index (χ1n) is 6.66. The maximum absolute atomic E-state index is 12.3. The summed E-state index contributed by atoms with van der Waals surface area (Å²) in [7, 11) is 1.64. The van der Waals surface area contributed by atoms with Crippen LogP contribution in [0, 0.1) is 0 Å². The monoisotopic (exact) mass is 288 g/mol. The third-order valence-electron chi connectivity index (χ3n) is 2.96. The molecule has 6 nitrogen and oxygen atoms in total. The molecule has 1 aromatic heterocycles. The van der Waals surface area contributed by atoms with Gasteiger partial charge >= 0.3 is 0 Å². The van der Waals surface area contributed by atoms with E-state index in [1.807, 2.05) is 18.2 Å². The van der Waals surface area contributed by atoms with Gasteiger partial charge in [-0.05, 0) is 32.0 Å². The Balaban J connectivity index is 2.20. The van der Waals surface area contributed by atoms with Gasteiger partial charge in [0.05, 0.1) is 17.0 Å². The van der Waals surface area contributed by atoms with Crippen molar-refractivity contribution in [3.63, 3.8) is 0 Å². The molecule has 0 atom stereocenters. The number of aromatic nitrogens is 2. The second-order valence-corrected chi connectivity index (χ2v) is 5.68. The Bertz CT molecular complexity index is 643. The van der Waals surface area contributed by atoms with Crippen molar-refractivity contribution in [2.24, 2.45) is 0 Å². The molecule has 0 aliphatic carbocycles. The first-order valence-corrected chi connectivity index (χ1v) is 6.66. The van der Waals surface area contributed by atoms with Crippen molar-refractivity contribution in [2.75, 3.05) is 19.3 Å². The number of nitrogens with two attached hydrogens (primary N) is 1. The van der Waals surface area contributed by atoms with Crippen molar-refractivity contribution in [1.29, 1.82) is 0 Å². The Labute approximate surface area is 123 Å². The molecule has 6 heteroatoms. The molecule has 0 radical (unpaired) electrons. The Morgan fingerprint density at radius 3 is 2.67 bits per heavy atom. The van der Waals surface area contributed by atoms with E-state index in [1.165, 1.54) is 4.90 Å². The van der Waals surface area contributed by atoms with Gasteiger partial charge in [-0.3, -0.25) is 4.79 Å². The number of amides is 1. The summed E-state index contributed by atoms with van der Waals surface area (Å²) in [5.74, 6) is -0.245. The van der Waals surface area contributed by atoms with E-state index in [9.17, 15) is 9.90 Å². The summed E-state index contributed by atoms with van der Waals surface area (Å²) >= 11 is 0. The Hall–Kier alpha value is -2.34. The van der Waals surface area contributed by atoms with Crippen molar-refractivity contribution in [1.82, 2.24) is 14.7 Å². The number of rotatable bonds is 4. The molecule has 3 N–H and O–H groups in total. The Morgan fingerprint density at radius 2 is 2.05 bits per heavy atom. The molecule has 2 rings (SSSR count). The maximum atomic E-state index is 12.3. The van der Waals surface area contributed by atoms with E-state index >= 15 is 0 Å². The molecule has 0 saturated heterocycles. The fourth-order valence-corrected chi connectivity index (χ4v) is 2.12. The molecule has 0 unspecified atom stereocenters. The van der Waals surface area contributed by atoms with Crippen LogP contribution in [0.2, 0.25) is 0 Å². The van der Waals surface area contributed by atoms with Gasteiger partial charge in [-0.25, -0.2) is 4.68 Å². The highest BCUT2D eigenvalue weighted by Gasteiger charge is 2.22. The van der Waals surface area contributed by atoms with Crippen molar-refractivity contribution in [3.8, 4) is 5.69 Å². The zero-order valence-corrected chi connectivity index (χ0v) is 12.4. The fourth-order valence-electron chi connectivity index (χ4n) is 2.12. The second-order valence-electron chi connectivity index (χ2n) is 5.68. The number of nitrogens with zero attached hydrogens (tertiary/aromatic N) is 3. The second kappa shape index (κ2) is 5.57. The summed E-state index contributed by atoms with van der Waals surface area (Å²) in [5.41, 5.74) is 6.57. The highest BCUT2D eigenvalue weighted by Crippen LogP contribution is 2.16. The van der Waals surface area contributed by atoms with Gasteiger partial charge in [0, 0.05) is 19.8 Å². The number of hydrogen-bond acceptors (Lipinski definition) is 4. The normalized spacial score (nSPS) is 11.4. The van der Waals surface area contributed by atoms with Crippen molar-refractivity contribution in [2.45, 2.75) is 19.4 Å². The van der Waals surface area contributed by atoms with Gasteiger partial charge in [0.25, 0.3) is 5.91 Å². The molecule has 0 saturated carbocycles. The number of likely N-dealkylation sites (N-methyl/N-ethyl adjacent to an activating group) is 1. The standard InChI is InChI=1S/C15H20N4O2/c1-15(2,21)10-18(3)14(20)12-8-9-19(17-12)13-7-5-4-6-11(13)16/h4-9,21H,10,16H2,1-3H3. The van der Waals surface area contributed by atoms with E-state index < -0.39 is 5.60 Å². The summed E-state index contributed by atoms with van der Waals surface area (Å²) in [5, 5.41) is 14.0. The number of hydrogen-bond donors (Lipinski definition) is 2. The lowest BCUT2D eigenvalue weighted by Gasteiger charge is -2.24. The topological polar surface area (TPSA) is 84.4 Å². The van der Waals surface area contributed by atoms with E-state index in [0.29, 0.717) is 11.4 Å². The van der Waals surface area contributed by atoms with Gasteiger partial charge in [-0.2, -0.15) is 5.10 Å². The predicted molar refractivity (Wildman–Crippen MR) is 81.2 cm³/mol. The van der Waals surface area contributed by atoms with Crippen LogP contribution in [0.4, 0.5) is 5.69 Å². The zero-order chi connectivity index (χ0) is 15.6. The Kier molecular flexibility index (Phi) is 3.99. The summed E-state index contributed by atoms with van der Waals surface area (Å²) in [6, 6.07) is 8.94. The highest BCUT2D eigenvalue weighted by atomic mass is 16.3. The number of anilines is 1. The molecular weight excluding hydrogens is 268 g/mol. The summed E-state index contributed by atoms with van der Waals surface area (Å²) in [6.45, 7) is 3.53. The van der Waals surface area contributed by atoms with E-state index in [4.69, 9.17) is 5.73 Å². The number of carbonyl (C=O) groups is 1. The van der Waals surface area contributed by atoms with Crippen LogP contribution in [0.25, 0.3) is 5.69 Å². The first kappa shape index (κ1) is 15.1. The summed E-state index contributed by atoms with van der Waals surface area (Å²) < 4.78 is 1.57. The highest BCUT2D eigenvalue weighted by molar-refractivity contribution is 5.92. The van der Waals surface area contributed by atoms with E-state index in [1.54, 1.807) is 43.9 Å². The van der Waals surface area contributed by atoms with Crippen LogP contribution in [-0.2, 0) is 0 Å². The van der Waals surface area contributed by atoms with Crippen LogP contribution in [-0.4, -0.2) is 44.9 Å². The lowest BCUT2D eigenvalue weighted by atomic mass is 10.1. The molecule has 0 fully saturated rings. The van der Waals surface area contributed by atoms with Gasteiger partial charge in [0.15, 0.2) is 5.69 Å². The van der Waals surface area contributed by atoms with Gasteiger partial charge in [-0.1, -0.05) is 12.1 Å². The van der Waals surface area contributed by atoms with Gasteiger partial charge in [0.2, 0.25) is 0 Å². The number of para-hydroxylation sites is 2. The fraction of sp³-hybridized carbons (Fsp3) is 0.333. The SMILES string of the molecule is CN(CC(C)(C)O)C(=O)c1ccn(-c2ccccc2N)n1. The average molecular weight is 288 g/mol. The summed E-state index contributed by atoms with van der Waals surface area (Å²) in [6.07, 6.45) is 1.69. The number of aliphatic hydroxyl groups is 1. The lowest BCUT2D eigenvalue weighted by Crippen LogP contribution is -2.39. The van der Waals surface area contributed by atoms with Crippen molar-refractivity contribution >= 4 is 11.6 Å². The maximum Gasteiger partial charge on any atom is 0.274 e. The predicted octanol–water partition coefficient (Wildman–Crippen LogP) is 1.30. The molecule has 0 aliphatic rings. The van der Waals surface area contributed by atoms with Gasteiger partial charge < -0.3 is 15.7 Å². The molecule has 1 amide bonds. The van der Waals surface area contributed by atoms with Crippen LogP contribution in [0.15, 0.2) is 36.5 Å². The minimum absolute atomic E-state index is 0.228. The quantitative estimate of drug-likeness (QED) is 0.830. The van der Waals surface area contributed by atoms with Crippen LogP contribution in [0.5, 0.6) is 0 Å². The molecule has 21 heavy (non-hydrogen) atoms.